The Bertz CT molecular complexity index is 291. The van der Waals surface area contributed by atoms with Gasteiger partial charge in [-0.15, -0.1) is 0 Å². The number of carbonyl (C=O) groups is 1. The summed E-state index contributed by atoms with van der Waals surface area (Å²) in [4.78, 5) is 12.0. The minimum absolute atomic E-state index is 0.0912. The van der Waals surface area contributed by atoms with Gasteiger partial charge in [-0.1, -0.05) is 13.8 Å². The molecule has 0 aromatic heterocycles. The van der Waals surface area contributed by atoms with Crippen molar-refractivity contribution < 1.29 is 9.90 Å². The summed E-state index contributed by atoms with van der Waals surface area (Å²) in [7, 11) is 0. The van der Waals surface area contributed by atoms with E-state index in [9.17, 15) is 9.90 Å². The molecule has 0 aromatic carbocycles. The van der Waals surface area contributed by atoms with Crippen LogP contribution in [0.2, 0.25) is 0 Å². The van der Waals surface area contributed by atoms with E-state index in [4.69, 9.17) is 0 Å². The predicted molar refractivity (Wildman–Crippen MR) is 61.9 cm³/mol. The highest BCUT2D eigenvalue weighted by atomic mass is 16.3. The maximum Gasteiger partial charge on any atom is 0.224 e. The second-order valence-corrected chi connectivity index (χ2v) is 5.77. The standard InChI is InChI=1S/C12H22N2O2/c1-7-8(4-5-13-7)11(16)14-9-6-10(15)12(9,2)3/h7-10,13,15H,4-6H2,1-3H3,(H,14,16). The largest absolute Gasteiger partial charge is 0.392 e. The van der Waals surface area contributed by atoms with Gasteiger partial charge in [-0.25, -0.2) is 0 Å². The van der Waals surface area contributed by atoms with Crippen LogP contribution >= 0.6 is 0 Å². The fraction of sp³-hybridized carbons (Fsp3) is 0.917. The molecule has 0 bridgehead atoms. The third-order valence-corrected chi connectivity index (χ3v) is 4.39. The van der Waals surface area contributed by atoms with Crippen molar-refractivity contribution in [3.05, 3.63) is 0 Å². The van der Waals surface area contributed by atoms with E-state index in [0.29, 0.717) is 6.42 Å². The van der Waals surface area contributed by atoms with Crippen LogP contribution in [0.25, 0.3) is 0 Å². The molecule has 1 saturated carbocycles. The highest BCUT2D eigenvalue weighted by Crippen LogP contribution is 2.40. The summed E-state index contributed by atoms with van der Waals surface area (Å²) in [6.45, 7) is 6.98. The first-order valence-electron chi connectivity index (χ1n) is 6.14. The smallest absolute Gasteiger partial charge is 0.224 e. The Morgan fingerprint density at radius 3 is 2.62 bits per heavy atom. The predicted octanol–water partition coefficient (Wildman–Crippen LogP) is 0.260. The van der Waals surface area contributed by atoms with Gasteiger partial charge >= 0.3 is 0 Å². The Morgan fingerprint density at radius 2 is 2.19 bits per heavy atom. The van der Waals surface area contributed by atoms with Crippen LogP contribution in [0.15, 0.2) is 0 Å². The quantitative estimate of drug-likeness (QED) is 0.633. The fourth-order valence-electron chi connectivity index (χ4n) is 2.64. The first-order chi connectivity index (χ1) is 7.43. The summed E-state index contributed by atoms with van der Waals surface area (Å²) in [6, 6.07) is 0.399. The molecule has 4 atom stereocenters. The highest BCUT2D eigenvalue weighted by molar-refractivity contribution is 5.80. The lowest BCUT2D eigenvalue weighted by atomic mass is 9.64. The lowest BCUT2D eigenvalue weighted by molar-refractivity contribution is -0.133. The highest BCUT2D eigenvalue weighted by Gasteiger charge is 2.48. The Hall–Kier alpha value is -0.610. The molecule has 1 aliphatic heterocycles. The number of rotatable bonds is 2. The van der Waals surface area contributed by atoms with E-state index in [1.54, 1.807) is 0 Å². The van der Waals surface area contributed by atoms with Crippen molar-refractivity contribution in [2.24, 2.45) is 11.3 Å². The third-order valence-electron chi connectivity index (χ3n) is 4.39. The Kier molecular flexibility index (Phi) is 2.97. The van der Waals surface area contributed by atoms with Crippen molar-refractivity contribution in [3.63, 3.8) is 0 Å². The van der Waals surface area contributed by atoms with Crippen molar-refractivity contribution in [3.8, 4) is 0 Å². The van der Waals surface area contributed by atoms with Crippen LogP contribution in [0.1, 0.15) is 33.6 Å². The van der Waals surface area contributed by atoms with Crippen LogP contribution in [0.3, 0.4) is 0 Å². The molecule has 2 rings (SSSR count). The van der Waals surface area contributed by atoms with E-state index in [2.05, 4.69) is 17.6 Å². The topological polar surface area (TPSA) is 61.4 Å². The zero-order valence-electron chi connectivity index (χ0n) is 10.3. The first-order valence-corrected chi connectivity index (χ1v) is 6.14. The zero-order chi connectivity index (χ0) is 11.9. The van der Waals surface area contributed by atoms with Crippen molar-refractivity contribution in [2.75, 3.05) is 6.54 Å². The van der Waals surface area contributed by atoms with Gasteiger partial charge in [0.05, 0.1) is 12.0 Å². The van der Waals surface area contributed by atoms with Gasteiger partial charge in [0, 0.05) is 17.5 Å². The van der Waals surface area contributed by atoms with E-state index < -0.39 is 0 Å². The summed E-state index contributed by atoms with van der Waals surface area (Å²) in [5.74, 6) is 0.232. The van der Waals surface area contributed by atoms with Gasteiger partial charge in [-0.2, -0.15) is 0 Å². The average molecular weight is 226 g/mol. The number of carbonyl (C=O) groups excluding carboxylic acids is 1. The van der Waals surface area contributed by atoms with E-state index in [-0.39, 0.29) is 35.4 Å². The van der Waals surface area contributed by atoms with E-state index >= 15 is 0 Å². The van der Waals surface area contributed by atoms with Crippen LogP contribution in [-0.2, 0) is 4.79 Å². The van der Waals surface area contributed by atoms with Gasteiger partial charge in [0.1, 0.15) is 0 Å². The molecule has 2 aliphatic rings. The number of nitrogens with one attached hydrogen (secondary N) is 2. The molecule has 4 unspecified atom stereocenters. The van der Waals surface area contributed by atoms with Gasteiger partial charge in [0.2, 0.25) is 5.91 Å². The number of aliphatic hydroxyl groups excluding tert-OH is 1. The van der Waals surface area contributed by atoms with Crippen LogP contribution in [0.4, 0.5) is 0 Å². The summed E-state index contributed by atoms with van der Waals surface area (Å²) in [5, 5.41) is 16.0. The molecule has 1 aliphatic carbocycles. The van der Waals surface area contributed by atoms with E-state index in [0.717, 1.165) is 13.0 Å². The molecule has 4 nitrogen and oxygen atoms in total. The molecule has 4 heteroatoms. The molecule has 0 aromatic rings. The van der Waals surface area contributed by atoms with Crippen molar-refractivity contribution in [2.45, 2.75) is 51.8 Å². The zero-order valence-corrected chi connectivity index (χ0v) is 10.3. The molecule has 1 heterocycles. The maximum absolute atomic E-state index is 12.0. The Morgan fingerprint density at radius 1 is 1.50 bits per heavy atom. The van der Waals surface area contributed by atoms with Crippen molar-refractivity contribution in [1.82, 2.24) is 10.6 Å². The average Bonchev–Trinajstić information content (AvgIpc) is 2.64. The van der Waals surface area contributed by atoms with Crippen molar-refractivity contribution >= 4 is 5.91 Å². The van der Waals surface area contributed by atoms with E-state index in [1.807, 2.05) is 13.8 Å². The molecular weight excluding hydrogens is 204 g/mol. The molecular formula is C12H22N2O2. The van der Waals surface area contributed by atoms with E-state index in [1.165, 1.54) is 0 Å². The Labute approximate surface area is 96.8 Å². The fourth-order valence-corrected chi connectivity index (χ4v) is 2.64. The van der Waals surface area contributed by atoms with Crippen molar-refractivity contribution in [1.29, 1.82) is 0 Å². The SMILES string of the molecule is CC1NCCC1C(=O)NC1CC(O)C1(C)C. The second-order valence-electron chi connectivity index (χ2n) is 5.77. The molecule has 3 N–H and O–H groups in total. The molecule has 92 valence electrons. The van der Waals surface area contributed by atoms with Crippen LogP contribution in [0.5, 0.6) is 0 Å². The molecule has 1 amide bonds. The number of hydrogen-bond donors (Lipinski definition) is 3. The summed E-state index contributed by atoms with van der Waals surface area (Å²) in [5.41, 5.74) is -0.176. The molecule has 16 heavy (non-hydrogen) atoms. The minimum Gasteiger partial charge on any atom is -0.392 e. The normalized spacial score (nSPS) is 41.5. The van der Waals surface area contributed by atoms with Gasteiger partial charge in [-0.3, -0.25) is 4.79 Å². The molecule has 2 fully saturated rings. The maximum atomic E-state index is 12.0. The van der Waals surface area contributed by atoms with Gasteiger partial charge in [0.15, 0.2) is 0 Å². The number of hydrogen-bond acceptors (Lipinski definition) is 3. The van der Waals surface area contributed by atoms with Crippen LogP contribution < -0.4 is 10.6 Å². The van der Waals surface area contributed by atoms with Gasteiger partial charge < -0.3 is 15.7 Å². The first kappa shape index (κ1) is 11.9. The minimum atomic E-state index is -0.281. The van der Waals surface area contributed by atoms with Gasteiger partial charge in [-0.05, 0) is 26.3 Å². The van der Waals surface area contributed by atoms with Gasteiger partial charge in [0.25, 0.3) is 0 Å². The summed E-state index contributed by atoms with van der Waals surface area (Å²) < 4.78 is 0. The van der Waals surface area contributed by atoms with Crippen LogP contribution in [-0.4, -0.2) is 35.7 Å². The third kappa shape index (κ3) is 1.84. The Balaban J connectivity index is 1.89. The molecule has 1 saturated heterocycles. The van der Waals surface area contributed by atoms with Crippen LogP contribution in [0, 0.1) is 11.3 Å². The lowest BCUT2D eigenvalue weighted by Crippen LogP contribution is -2.62. The second kappa shape index (κ2) is 4.00. The summed E-state index contributed by atoms with van der Waals surface area (Å²) >= 11 is 0. The summed E-state index contributed by atoms with van der Waals surface area (Å²) in [6.07, 6.45) is 1.33. The monoisotopic (exact) mass is 226 g/mol. The number of aliphatic hydroxyl groups is 1. The molecule has 0 radical (unpaired) electrons. The molecule has 0 spiro atoms. The lowest BCUT2D eigenvalue weighted by Gasteiger charge is -2.49. The number of amides is 1.